The Hall–Kier alpha value is -0.550. The zero-order chi connectivity index (χ0) is 12.5. The van der Waals surface area contributed by atoms with Crippen LogP contribution in [0.25, 0.3) is 0 Å². The van der Waals surface area contributed by atoms with Gasteiger partial charge in [-0.05, 0) is 37.0 Å². The second-order valence-corrected chi connectivity index (χ2v) is 7.53. The van der Waals surface area contributed by atoms with Gasteiger partial charge in [-0.2, -0.15) is 0 Å². The molecule has 5 heteroatoms. The minimum absolute atomic E-state index is 0.230. The van der Waals surface area contributed by atoms with Crippen molar-refractivity contribution in [3.05, 3.63) is 22.7 Å². The zero-order valence-electron chi connectivity index (χ0n) is 9.52. The molecule has 0 saturated heterocycles. The number of sulfone groups is 1. The quantitative estimate of drug-likeness (QED) is 0.872. The third-order valence-electron chi connectivity index (χ3n) is 3.24. The molecular formula is C12H16BrNO2S. The molecule has 0 aliphatic heterocycles. The van der Waals surface area contributed by atoms with Crippen molar-refractivity contribution < 1.29 is 8.42 Å². The van der Waals surface area contributed by atoms with E-state index in [-0.39, 0.29) is 10.6 Å². The monoisotopic (exact) mass is 317 g/mol. The van der Waals surface area contributed by atoms with Gasteiger partial charge in [-0.25, -0.2) is 8.42 Å². The number of anilines is 1. The van der Waals surface area contributed by atoms with Crippen LogP contribution in [0.4, 0.5) is 5.69 Å². The molecule has 1 saturated carbocycles. The van der Waals surface area contributed by atoms with E-state index < -0.39 is 9.84 Å². The summed E-state index contributed by atoms with van der Waals surface area (Å²) < 4.78 is 25.3. The average Bonchev–Trinajstić information content (AvgIpc) is 2.73. The molecule has 1 aliphatic rings. The minimum atomic E-state index is -3.25. The first-order valence-electron chi connectivity index (χ1n) is 5.77. The molecule has 0 atom stereocenters. The van der Waals surface area contributed by atoms with E-state index in [2.05, 4.69) is 15.9 Å². The van der Waals surface area contributed by atoms with Crippen molar-refractivity contribution >= 4 is 31.5 Å². The van der Waals surface area contributed by atoms with E-state index in [0.717, 1.165) is 30.2 Å². The predicted molar refractivity (Wildman–Crippen MR) is 72.6 cm³/mol. The Morgan fingerprint density at radius 1 is 1.29 bits per heavy atom. The Bertz CT molecular complexity index is 507. The lowest BCUT2D eigenvalue weighted by Gasteiger charge is -2.12. The minimum Gasteiger partial charge on any atom is -0.398 e. The second kappa shape index (κ2) is 4.98. The number of rotatable bonds is 3. The molecule has 3 nitrogen and oxygen atoms in total. The lowest BCUT2D eigenvalue weighted by molar-refractivity contribution is 0.559. The van der Waals surface area contributed by atoms with Crippen molar-refractivity contribution in [2.45, 2.75) is 30.6 Å². The molecule has 1 aromatic carbocycles. The van der Waals surface area contributed by atoms with E-state index >= 15 is 0 Å². The molecule has 94 valence electrons. The standard InChI is InChI=1S/C12H16BrNO2S/c13-10-5-6-11(14)12(7-10)17(15,16)8-9-3-1-2-4-9/h5-7,9H,1-4,8,14H2. The normalized spacial score (nSPS) is 17.5. The lowest BCUT2D eigenvalue weighted by Crippen LogP contribution is -2.15. The first kappa shape index (κ1) is 12.9. The van der Waals surface area contributed by atoms with Gasteiger partial charge in [0.25, 0.3) is 0 Å². The summed E-state index contributed by atoms with van der Waals surface area (Å²) >= 11 is 3.28. The second-order valence-electron chi connectivity index (χ2n) is 4.61. The van der Waals surface area contributed by atoms with Crippen molar-refractivity contribution in [1.29, 1.82) is 0 Å². The van der Waals surface area contributed by atoms with E-state index in [1.165, 1.54) is 0 Å². The fraction of sp³-hybridized carbons (Fsp3) is 0.500. The fourth-order valence-electron chi connectivity index (χ4n) is 2.35. The molecule has 2 rings (SSSR count). The fourth-order valence-corrected chi connectivity index (χ4v) is 4.73. The van der Waals surface area contributed by atoms with Gasteiger partial charge < -0.3 is 5.73 Å². The maximum atomic E-state index is 12.3. The smallest absolute Gasteiger partial charge is 0.180 e. The molecule has 1 aromatic rings. The molecule has 0 unspecified atom stereocenters. The number of hydrogen-bond acceptors (Lipinski definition) is 3. The summed E-state index contributed by atoms with van der Waals surface area (Å²) in [7, 11) is -3.25. The van der Waals surface area contributed by atoms with Crippen molar-refractivity contribution in [3.8, 4) is 0 Å². The number of hydrogen-bond donors (Lipinski definition) is 1. The van der Waals surface area contributed by atoms with E-state index in [1.54, 1.807) is 18.2 Å². The van der Waals surface area contributed by atoms with Crippen LogP contribution in [0.5, 0.6) is 0 Å². The van der Waals surface area contributed by atoms with Crippen LogP contribution in [0, 0.1) is 5.92 Å². The maximum absolute atomic E-state index is 12.3. The lowest BCUT2D eigenvalue weighted by atomic mass is 10.1. The predicted octanol–water partition coefficient (Wildman–Crippen LogP) is 3.00. The zero-order valence-corrected chi connectivity index (χ0v) is 11.9. The molecule has 0 amide bonds. The Kier molecular flexibility index (Phi) is 3.78. The highest BCUT2D eigenvalue weighted by atomic mass is 79.9. The highest BCUT2D eigenvalue weighted by Crippen LogP contribution is 2.30. The molecule has 0 aromatic heterocycles. The van der Waals surface area contributed by atoms with E-state index in [9.17, 15) is 8.42 Å². The van der Waals surface area contributed by atoms with Crippen molar-refractivity contribution in [2.24, 2.45) is 5.92 Å². The Balaban J connectivity index is 2.27. The molecule has 0 bridgehead atoms. The van der Waals surface area contributed by atoms with Gasteiger partial charge in [0.1, 0.15) is 0 Å². The summed E-state index contributed by atoms with van der Waals surface area (Å²) in [6.45, 7) is 0. The van der Waals surface area contributed by atoms with Crippen LogP contribution in [0.3, 0.4) is 0 Å². The van der Waals surface area contributed by atoms with E-state index in [1.807, 2.05) is 0 Å². The summed E-state index contributed by atoms with van der Waals surface area (Å²) in [6.07, 6.45) is 4.34. The summed E-state index contributed by atoms with van der Waals surface area (Å²) in [4.78, 5) is 0.263. The Morgan fingerprint density at radius 2 is 1.94 bits per heavy atom. The molecule has 0 heterocycles. The third-order valence-corrected chi connectivity index (χ3v) is 5.67. The van der Waals surface area contributed by atoms with Crippen LogP contribution < -0.4 is 5.73 Å². The topological polar surface area (TPSA) is 60.2 Å². The van der Waals surface area contributed by atoms with Crippen LogP contribution >= 0.6 is 15.9 Å². The summed E-state index contributed by atoms with van der Waals surface area (Å²) in [6, 6.07) is 4.98. The van der Waals surface area contributed by atoms with Gasteiger partial charge in [0.15, 0.2) is 9.84 Å². The molecule has 1 fully saturated rings. The Morgan fingerprint density at radius 3 is 2.59 bits per heavy atom. The van der Waals surface area contributed by atoms with Gasteiger partial charge in [0, 0.05) is 4.47 Å². The van der Waals surface area contributed by atoms with Crippen LogP contribution in [0.1, 0.15) is 25.7 Å². The van der Waals surface area contributed by atoms with Crippen LogP contribution in [0.15, 0.2) is 27.6 Å². The van der Waals surface area contributed by atoms with Gasteiger partial charge in [0.2, 0.25) is 0 Å². The van der Waals surface area contributed by atoms with Crippen molar-refractivity contribution in [2.75, 3.05) is 11.5 Å². The van der Waals surface area contributed by atoms with E-state index in [0.29, 0.717) is 11.6 Å². The molecule has 2 N–H and O–H groups in total. The van der Waals surface area contributed by atoms with Gasteiger partial charge in [-0.15, -0.1) is 0 Å². The van der Waals surface area contributed by atoms with Gasteiger partial charge in [0.05, 0.1) is 16.3 Å². The van der Waals surface area contributed by atoms with E-state index in [4.69, 9.17) is 5.73 Å². The van der Waals surface area contributed by atoms with Gasteiger partial charge >= 0.3 is 0 Å². The number of halogens is 1. The van der Waals surface area contributed by atoms with Crippen molar-refractivity contribution in [1.82, 2.24) is 0 Å². The Labute approximate surface area is 110 Å². The first-order valence-corrected chi connectivity index (χ1v) is 8.21. The van der Waals surface area contributed by atoms with Crippen molar-refractivity contribution in [3.63, 3.8) is 0 Å². The van der Waals surface area contributed by atoms with Gasteiger partial charge in [-0.3, -0.25) is 0 Å². The SMILES string of the molecule is Nc1ccc(Br)cc1S(=O)(=O)CC1CCCC1. The summed E-state index contributed by atoms with van der Waals surface area (Å²) in [5, 5.41) is 0. The largest absolute Gasteiger partial charge is 0.398 e. The molecule has 1 aliphatic carbocycles. The first-order chi connectivity index (χ1) is 7.99. The molecule has 0 spiro atoms. The van der Waals surface area contributed by atoms with Crippen LogP contribution in [-0.4, -0.2) is 14.2 Å². The number of nitrogen functional groups attached to an aromatic ring is 1. The number of benzene rings is 1. The third kappa shape index (κ3) is 3.01. The molecule has 17 heavy (non-hydrogen) atoms. The summed E-state index contributed by atoms with van der Waals surface area (Å²) in [5.74, 6) is 0.534. The van der Waals surface area contributed by atoms with Crippen LogP contribution in [-0.2, 0) is 9.84 Å². The number of nitrogens with two attached hydrogens (primary N) is 1. The molecule has 0 radical (unpaired) electrons. The van der Waals surface area contributed by atoms with Crippen LogP contribution in [0.2, 0.25) is 0 Å². The van der Waals surface area contributed by atoms with Gasteiger partial charge in [-0.1, -0.05) is 28.8 Å². The highest BCUT2D eigenvalue weighted by molar-refractivity contribution is 9.10. The maximum Gasteiger partial charge on any atom is 0.180 e. The molecular weight excluding hydrogens is 302 g/mol. The average molecular weight is 318 g/mol. The highest BCUT2D eigenvalue weighted by Gasteiger charge is 2.25. The summed E-state index contributed by atoms with van der Waals surface area (Å²) in [5.41, 5.74) is 6.09.